The van der Waals surface area contributed by atoms with Gasteiger partial charge in [0.15, 0.2) is 0 Å². The molecule has 0 aliphatic carbocycles. The predicted molar refractivity (Wildman–Crippen MR) is 72.8 cm³/mol. The van der Waals surface area contributed by atoms with E-state index in [9.17, 15) is 0 Å². The highest BCUT2D eigenvalue weighted by Gasteiger charge is 2.04. The zero-order valence-corrected chi connectivity index (χ0v) is 11.3. The minimum absolute atomic E-state index is 0.727. The molecule has 0 saturated carbocycles. The molecule has 0 aliphatic rings. The average molecular weight is 261 g/mol. The van der Waals surface area contributed by atoms with Gasteiger partial charge in [-0.2, -0.15) is 5.10 Å². The lowest BCUT2D eigenvalue weighted by molar-refractivity contribution is 0.415. The van der Waals surface area contributed by atoms with Crippen molar-refractivity contribution in [3.63, 3.8) is 0 Å². The summed E-state index contributed by atoms with van der Waals surface area (Å²) in [5.74, 6) is 1.84. The second-order valence-electron chi connectivity index (χ2n) is 3.70. The molecule has 0 bridgehead atoms. The van der Waals surface area contributed by atoms with Crippen LogP contribution in [0.3, 0.4) is 0 Å². The van der Waals surface area contributed by atoms with E-state index in [1.807, 2.05) is 24.3 Å². The van der Waals surface area contributed by atoms with Crippen molar-refractivity contribution >= 4 is 11.8 Å². The van der Waals surface area contributed by atoms with Crippen LogP contribution in [0.15, 0.2) is 35.6 Å². The second-order valence-corrected chi connectivity index (χ2v) is 4.76. The largest absolute Gasteiger partial charge is 0.497 e. The van der Waals surface area contributed by atoms with E-state index in [0.29, 0.717) is 0 Å². The molecule has 5 heteroatoms. The summed E-state index contributed by atoms with van der Waals surface area (Å²) < 4.78 is 5.13. The molecule has 4 nitrogen and oxygen atoms in total. The van der Waals surface area contributed by atoms with Gasteiger partial charge in [-0.05, 0) is 30.7 Å². The molecule has 0 N–H and O–H groups in total. The van der Waals surface area contributed by atoms with Gasteiger partial charge >= 0.3 is 0 Å². The van der Waals surface area contributed by atoms with Gasteiger partial charge < -0.3 is 4.74 Å². The molecule has 0 atom stereocenters. The molecule has 94 valence electrons. The Morgan fingerprint density at radius 3 is 2.67 bits per heavy atom. The van der Waals surface area contributed by atoms with Gasteiger partial charge in [-0.1, -0.05) is 18.7 Å². The van der Waals surface area contributed by atoms with Crippen LogP contribution in [0.5, 0.6) is 5.75 Å². The number of methoxy groups -OCH3 is 1. The lowest BCUT2D eigenvalue weighted by Gasteiger charge is -2.03. The summed E-state index contributed by atoms with van der Waals surface area (Å²) >= 11 is 1.63. The fourth-order valence-corrected chi connectivity index (χ4v) is 2.10. The van der Waals surface area contributed by atoms with Gasteiger partial charge in [-0.15, -0.1) is 5.10 Å². The van der Waals surface area contributed by atoms with Crippen LogP contribution in [-0.2, 0) is 0 Å². The third-order valence-electron chi connectivity index (χ3n) is 2.36. The van der Waals surface area contributed by atoms with Crippen molar-refractivity contribution in [3.05, 3.63) is 30.5 Å². The number of benzene rings is 1. The van der Waals surface area contributed by atoms with Gasteiger partial charge in [-0.25, -0.2) is 4.98 Å². The van der Waals surface area contributed by atoms with Crippen LogP contribution in [0.1, 0.15) is 13.3 Å². The van der Waals surface area contributed by atoms with E-state index in [4.69, 9.17) is 4.74 Å². The van der Waals surface area contributed by atoms with Crippen molar-refractivity contribution in [1.82, 2.24) is 15.2 Å². The van der Waals surface area contributed by atoms with E-state index in [2.05, 4.69) is 22.1 Å². The van der Waals surface area contributed by atoms with Crippen molar-refractivity contribution in [2.45, 2.75) is 18.5 Å². The molecule has 0 fully saturated rings. The Balaban J connectivity index is 2.20. The number of ether oxygens (including phenoxy) is 1. The Hall–Kier alpha value is -1.62. The molecule has 1 aromatic heterocycles. The topological polar surface area (TPSA) is 47.9 Å². The highest BCUT2D eigenvalue weighted by Crippen LogP contribution is 2.21. The summed E-state index contributed by atoms with van der Waals surface area (Å²) in [4.78, 5) is 4.48. The van der Waals surface area contributed by atoms with Gasteiger partial charge in [0.25, 0.3) is 0 Å². The van der Waals surface area contributed by atoms with E-state index < -0.39 is 0 Å². The van der Waals surface area contributed by atoms with Crippen molar-refractivity contribution in [3.8, 4) is 17.0 Å². The second kappa shape index (κ2) is 6.35. The van der Waals surface area contributed by atoms with Gasteiger partial charge in [0.2, 0.25) is 5.16 Å². The van der Waals surface area contributed by atoms with Crippen LogP contribution in [-0.4, -0.2) is 28.0 Å². The van der Waals surface area contributed by atoms with E-state index in [1.165, 1.54) is 0 Å². The first-order valence-electron chi connectivity index (χ1n) is 5.80. The normalized spacial score (nSPS) is 10.3. The van der Waals surface area contributed by atoms with Crippen LogP contribution < -0.4 is 4.74 Å². The molecule has 18 heavy (non-hydrogen) atoms. The highest BCUT2D eigenvalue weighted by molar-refractivity contribution is 7.99. The van der Waals surface area contributed by atoms with E-state index in [-0.39, 0.29) is 0 Å². The first-order chi connectivity index (χ1) is 8.83. The molecule has 0 unspecified atom stereocenters. The third kappa shape index (κ3) is 3.20. The number of aromatic nitrogens is 3. The van der Waals surface area contributed by atoms with Crippen LogP contribution in [0.2, 0.25) is 0 Å². The first-order valence-corrected chi connectivity index (χ1v) is 6.79. The molecule has 0 spiro atoms. The lowest BCUT2D eigenvalue weighted by Crippen LogP contribution is -1.94. The first kappa shape index (κ1) is 12.8. The molecule has 2 rings (SSSR count). The fraction of sp³-hybridized carbons (Fsp3) is 0.308. The number of thioether (sulfide) groups is 1. The molecule has 0 aliphatic heterocycles. The molecule has 1 aromatic carbocycles. The van der Waals surface area contributed by atoms with Gasteiger partial charge in [-0.3, -0.25) is 0 Å². The zero-order valence-electron chi connectivity index (χ0n) is 10.5. The maximum atomic E-state index is 5.13. The summed E-state index contributed by atoms with van der Waals surface area (Å²) in [6.07, 6.45) is 2.78. The van der Waals surface area contributed by atoms with Crippen LogP contribution in [0, 0.1) is 0 Å². The van der Waals surface area contributed by atoms with E-state index >= 15 is 0 Å². The SMILES string of the molecule is CCCSc1nncc(-c2ccc(OC)cc2)n1. The smallest absolute Gasteiger partial charge is 0.209 e. The fourth-order valence-electron chi connectivity index (χ4n) is 1.44. The van der Waals surface area contributed by atoms with Crippen molar-refractivity contribution in [1.29, 1.82) is 0 Å². The zero-order chi connectivity index (χ0) is 12.8. The highest BCUT2D eigenvalue weighted by atomic mass is 32.2. The minimum atomic E-state index is 0.727. The molecular weight excluding hydrogens is 246 g/mol. The Morgan fingerprint density at radius 1 is 1.22 bits per heavy atom. The standard InChI is InChI=1S/C13H15N3OS/c1-3-8-18-13-15-12(9-14-16-13)10-4-6-11(17-2)7-5-10/h4-7,9H,3,8H2,1-2H3. The molecule has 2 aromatic rings. The van der Waals surface area contributed by atoms with Crippen molar-refractivity contribution in [2.75, 3.05) is 12.9 Å². The number of nitrogens with zero attached hydrogens (tertiary/aromatic N) is 3. The van der Waals surface area contributed by atoms with E-state index in [0.717, 1.165) is 34.3 Å². The quantitative estimate of drug-likeness (QED) is 0.774. The molecule has 0 radical (unpaired) electrons. The Morgan fingerprint density at radius 2 is 2.00 bits per heavy atom. The molecule has 0 saturated heterocycles. The summed E-state index contributed by atoms with van der Waals surface area (Å²) in [6, 6.07) is 7.76. The minimum Gasteiger partial charge on any atom is -0.497 e. The molecular formula is C13H15N3OS. The van der Waals surface area contributed by atoms with Gasteiger partial charge in [0, 0.05) is 11.3 Å². The Kier molecular flexibility index (Phi) is 4.52. The number of rotatable bonds is 5. The van der Waals surface area contributed by atoms with Gasteiger partial charge in [0.05, 0.1) is 19.0 Å². The summed E-state index contributed by atoms with van der Waals surface area (Å²) in [5, 5.41) is 8.73. The van der Waals surface area contributed by atoms with Gasteiger partial charge in [0.1, 0.15) is 5.75 Å². The van der Waals surface area contributed by atoms with Crippen molar-refractivity contribution < 1.29 is 4.74 Å². The molecule has 0 amide bonds. The number of hydrogen-bond donors (Lipinski definition) is 0. The van der Waals surface area contributed by atoms with Crippen LogP contribution in [0.4, 0.5) is 0 Å². The summed E-state index contributed by atoms with van der Waals surface area (Å²) in [6.45, 7) is 2.13. The summed E-state index contributed by atoms with van der Waals surface area (Å²) in [7, 11) is 1.65. The monoisotopic (exact) mass is 261 g/mol. The Labute approximate surface area is 111 Å². The maximum Gasteiger partial charge on any atom is 0.209 e. The van der Waals surface area contributed by atoms with E-state index in [1.54, 1.807) is 25.1 Å². The summed E-state index contributed by atoms with van der Waals surface area (Å²) in [5.41, 5.74) is 1.86. The molecule has 1 heterocycles. The van der Waals surface area contributed by atoms with Crippen LogP contribution >= 0.6 is 11.8 Å². The average Bonchev–Trinajstić information content (AvgIpc) is 2.45. The van der Waals surface area contributed by atoms with Crippen molar-refractivity contribution in [2.24, 2.45) is 0 Å². The predicted octanol–water partition coefficient (Wildman–Crippen LogP) is 3.05. The lowest BCUT2D eigenvalue weighted by atomic mass is 10.1. The van der Waals surface area contributed by atoms with Crippen LogP contribution in [0.25, 0.3) is 11.3 Å². The maximum absolute atomic E-state index is 5.13. The third-order valence-corrected chi connectivity index (χ3v) is 3.40. The number of hydrogen-bond acceptors (Lipinski definition) is 5. The Bertz CT molecular complexity index is 502.